The summed E-state index contributed by atoms with van der Waals surface area (Å²) in [6.07, 6.45) is 1.92. The number of sulfonamides is 1. The summed E-state index contributed by atoms with van der Waals surface area (Å²) in [5.74, 6) is -0.518. The molecular weight excluding hydrogens is 349 g/mol. The van der Waals surface area contributed by atoms with Gasteiger partial charge in [-0.05, 0) is 44.4 Å². The van der Waals surface area contributed by atoms with Gasteiger partial charge in [-0.15, -0.1) is 0 Å². The number of benzene rings is 1. The number of hydrogen-bond donors (Lipinski definition) is 0. The standard InChI is InChI=1S/C14H17Cl2NO4S/c1-2-21-14(18)12-5-3-4-8-17(12)22(19,20)13-7-6-10(15)9-11(13)16/h6-7,9,12H,2-5,8H2,1H3. The minimum absolute atomic E-state index is 0.0423. The molecule has 0 aromatic heterocycles. The van der Waals surface area contributed by atoms with Crippen LogP contribution >= 0.6 is 23.2 Å². The second-order valence-corrected chi connectivity index (χ2v) is 7.66. The first-order valence-corrected chi connectivity index (χ1v) is 9.21. The number of carbonyl (C=O) groups excluding carboxylic acids is 1. The maximum Gasteiger partial charge on any atom is 0.324 e. The van der Waals surface area contributed by atoms with E-state index in [0.717, 1.165) is 6.42 Å². The van der Waals surface area contributed by atoms with Crippen molar-refractivity contribution in [2.45, 2.75) is 37.1 Å². The highest BCUT2D eigenvalue weighted by molar-refractivity contribution is 7.89. The molecule has 0 N–H and O–H groups in total. The van der Waals surface area contributed by atoms with E-state index in [1.807, 2.05) is 0 Å². The zero-order valence-electron chi connectivity index (χ0n) is 12.1. The third kappa shape index (κ3) is 3.56. The SMILES string of the molecule is CCOC(=O)C1CCCCN1S(=O)(=O)c1ccc(Cl)cc1Cl. The van der Waals surface area contributed by atoms with Crippen LogP contribution in [0.4, 0.5) is 0 Å². The first kappa shape index (κ1) is 17.5. The van der Waals surface area contributed by atoms with E-state index in [-0.39, 0.29) is 23.1 Å². The second-order valence-electron chi connectivity index (χ2n) is 4.95. The van der Waals surface area contributed by atoms with E-state index in [0.29, 0.717) is 17.9 Å². The van der Waals surface area contributed by atoms with Crippen LogP contribution in [0.3, 0.4) is 0 Å². The molecule has 1 heterocycles. The molecule has 2 rings (SSSR count). The first-order chi connectivity index (χ1) is 10.4. The molecule has 0 radical (unpaired) electrons. The molecule has 0 aliphatic carbocycles. The third-order valence-electron chi connectivity index (χ3n) is 3.49. The maximum absolute atomic E-state index is 12.8. The van der Waals surface area contributed by atoms with Gasteiger partial charge in [0.05, 0.1) is 11.6 Å². The number of esters is 1. The Morgan fingerprint density at radius 1 is 1.36 bits per heavy atom. The number of piperidine rings is 1. The summed E-state index contributed by atoms with van der Waals surface area (Å²) < 4.78 is 31.8. The quantitative estimate of drug-likeness (QED) is 0.769. The van der Waals surface area contributed by atoms with Crippen LogP contribution in [0.5, 0.6) is 0 Å². The Bertz CT molecular complexity index is 663. The Balaban J connectivity index is 2.38. The van der Waals surface area contributed by atoms with Gasteiger partial charge in [-0.25, -0.2) is 8.42 Å². The molecule has 1 unspecified atom stereocenters. The Morgan fingerprint density at radius 3 is 2.73 bits per heavy atom. The van der Waals surface area contributed by atoms with Gasteiger partial charge >= 0.3 is 5.97 Å². The van der Waals surface area contributed by atoms with Crippen molar-refractivity contribution in [2.24, 2.45) is 0 Å². The van der Waals surface area contributed by atoms with Crippen molar-refractivity contribution in [3.63, 3.8) is 0 Å². The van der Waals surface area contributed by atoms with Crippen LogP contribution in [-0.4, -0.2) is 37.9 Å². The molecule has 1 aromatic rings. The minimum atomic E-state index is -3.88. The average Bonchev–Trinajstić information content (AvgIpc) is 2.47. The molecule has 0 spiro atoms. The fourth-order valence-electron chi connectivity index (χ4n) is 2.48. The summed E-state index contributed by atoms with van der Waals surface area (Å²) >= 11 is 11.8. The van der Waals surface area contributed by atoms with Crippen molar-refractivity contribution < 1.29 is 17.9 Å². The van der Waals surface area contributed by atoms with Gasteiger partial charge in [-0.1, -0.05) is 23.2 Å². The van der Waals surface area contributed by atoms with E-state index < -0.39 is 22.0 Å². The van der Waals surface area contributed by atoms with Crippen molar-refractivity contribution >= 4 is 39.2 Å². The van der Waals surface area contributed by atoms with Crippen molar-refractivity contribution in [3.05, 3.63) is 28.2 Å². The minimum Gasteiger partial charge on any atom is -0.465 e. The predicted molar refractivity (Wildman–Crippen MR) is 84.6 cm³/mol. The molecule has 1 fully saturated rings. The van der Waals surface area contributed by atoms with Crippen LogP contribution in [0.2, 0.25) is 10.0 Å². The van der Waals surface area contributed by atoms with Crippen LogP contribution < -0.4 is 0 Å². The molecule has 1 saturated heterocycles. The van der Waals surface area contributed by atoms with E-state index in [9.17, 15) is 13.2 Å². The van der Waals surface area contributed by atoms with E-state index in [1.165, 1.54) is 22.5 Å². The molecule has 0 bridgehead atoms. The van der Waals surface area contributed by atoms with Crippen LogP contribution in [0.25, 0.3) is 0 Å². The lowest BCUT2D eigenvalue weighted by molar-refractivity contribution is -0.148. The van der Waals surface area contributed by atoms with E-state index in [1.54, 1.807) is 6.92 Å². The normalized spacial score (nSPS) is 19.9. The van der Waals surface area contributed by atoms with Gasteiger partial charge in [0.1, 0.15) is 10.9 Å². The first-order valence-electron chi connectivity index (χ1n) is 7.01. The summed E-state index contributed by atoms with van der Waals surface area (Å²) in [4.78, 5) is 12.0. The fraction of sp³-hybridized carbons (Fsp3) is 0.500. The van der Waals surface area contributed by atoms with Crippen molar-refractivity contribution in [1.82, 2.24) is 4.31 Å². The van der Waals surface area contributed by atoms with Crippen LogP contribution in [0.1, 0.15) is 26.2 Å². The van der Waals surface area contributed by atoms with Crippen LogP contribution in [0.15, 0.2) is 23.1 Å². The van der Waals surface area contributed by atoms with Crippen LogP contribution in [-0.2, 0) is 19.6 Å². The molecule has 1 aromatic carbocycles. The average molecular weight is 366 g/mol. The van der Waals surface area contributed by atoms with E-state index in [4.69, 9.17) is 27.9 Å². The number of ether oxygens (including phenoxy) is 1. The Hall–Kier alpha value is -0.820. The molecule has 1 aliphatic heterocycles. The largest absolute Gasteiger partial charge is 0.465 e. The lowest BCUT2D eigenvalue weighted by Gasteiger charge is -2.33. The molecule has 122 valence electrons. The van der Waals surface area contributed by atoms with E-state index in [2.05, 4.69) is 0 Å². The zero-order valence-corrected chi connectivity index (χ0v) is 14.4. The van der Waals surface area contributed by atoms with Gasteiger partial charge in [-0.2, -0.15) is 4.31 Å². The molecule has 0 amide bonds. The highest BCUT2D eigenvalue weighted by atomic mass is 35.5. The number of halogens is 2. The van der Waals surface area contributed by atoms with Gasteiger partial charge in [0, 0.05) is 11.6 Å². The smallest absolute Gasteiger partial charge is 0.324 e. The van der Waals surface area contributed by atoms with E-state index >= 15 is 0 Å². The summed E-state index contributed by atoms with van der Waals surface area (Å²) in [5.41, 5.74) is 0. The molecule has 8 heteroatoms. The Kier molecular flexibility index (Phi) is 5.71. The summed E-state index contributed by atoms with van der Waals surface area (Å²) in [5, 5.41) is 0.394. The summed E-state index contributed by atoms with van der Waals surface area (Å²) in [6, 6.07) is 3.39. The molecule has 1 atom stereocenters. The van der Waals surface area contributed by atoms with Gasteiger partial charge < -0.3 is 4.74 Å². The highest BCUT2D eigenvalue weighted by Gasteiger charge is 2.39. The number of carbonyl (C=O) groups is 1. The highest BCUT2D eigenvalue weighted by Crippen LogP contribution is 2.31. The molecule has 5 nitrogen and oxygen atoms in total. The fourth-order valence-corrected chi connectivity index (χ4v) is 4.87. The van der Waals surface area contributed by atoms with Crippen molar-refractivity contribution in [3.8, 4) is 0 Å². The van der Waals surface area contributed by atoms with Gasteiger partial charge in [-0.3, -0.25) is 4.79 Å². The van der Waals surface area contributed by atoms with Crippen molar-refractivity contribution in [1.29, 1.82) is 0 Å². The van der Waals surface area contributed by atoms with Crippen molar-refractivity contribution in [2.75, 3.05) is 13.2 Å². The van der Waals surface area contributed by atoms with Crippen LogP contribution in [0, 0.1) is 0 Å². The summed E-state index contributed by atoms with van der Waals surface area (Å²) in [6.45, 7) is 2.17. The molecule has 0 saturated carbocycles. The van der Waals surface area contributed by atoms with Gasteiger partial charge in [0.2, 0.25) is 10.0 Å². The monoisotopic (exact) mass is 365 g/mol. The van der Waals surface area contributed by atoms with Gasteiger partial charge in [0.25, 0.3) is 0 Å². The lowest BCUT2D eigenvalue weighted by atomic mass is 10.1. The van der Waals surface area contributed by atoms with Gasteiger partial charge in [0.15, 0.2) is 0 Å². The zero-order chi connectivity index (χ0) is 16.3. The topological polar surface area (TPSA) is 63.7 Å². The molecular formula is C14H17Cl2NO4S. The maximum atomic E-state index is 12.8. The molecule has 1 aliphatic rings. The predicted octanol–water partition coefficient (Wildman–Crippen LogP) is 3.10. The number of nitrogens with zero attached hydrogens (tertiary/aromatic N) is 1. The number of hydrogen-bond acceptors (Lipinski definition) is 4. The lowest BCUT2D eigenvalue weighted by Crippen LogP contribution is -2.48. The number of rotatable bonds is 4. The molecule has 22 heavy (non-hydrogen) atoms. The Morgan fingerprint density at radius 2 is 2.09 bits per heavy atom. The second kappa shape index (κ2) is 7.17. The summed E-state index contributed by atoms with van der Waals surface area (Å²) in [7, 11) is -3.88. The Labute approximate surface area is 140 Å². The third-order valence-corrected chi connectivity index (χ3v) is 6.12.